The third-order valence-electron chi connectivity index (χ3n) is 2.86. The van der Waals surface area contributed by atoms with Gasteiger partial charge in [0.1, 0.15) is 5.75 Å². The number of benzene rings is 1. The highest BCUT2D eigenvalue weighted by atomic mass is 16.5. The van der Waals surface area contributed by atoms with Gasteiger partial charge in [-0.3, -0.25) is 4.79 Å². The number of carbonyl (C=O) groups excluding carboxylic acids is 1. The van der Waals surface area contributed by atoms with Gasteiger partial charge in [0, 0.05) is 19.0 Å². The number of ether oxygens (including phenoxy) is 2. The first-order valence-electron chi connectivity index (χ1n) is 6.86. The summed E-state index contributed by atoms with van der Waals surface area (Å²) >= 11 is 0. The molecule has 0 bridgehead atoms. The molecule has 1 rings (SSSR count). The molecule has 4 heteroatoms. The number of amides is 1. The van der Waals surface area contributed by atoms with Gasteiger partial charge < -0.3 is 14.8 Å². The van der Waals surface area contributed by atoms with Crippen LogP contribution in [0.25, 0.3) is 0 Å². The van der Waals surface area contributed by atoms with Gasteiger partial charge in [0.15, 0.2) is 0 Å². The van der Waals surface area contributed by atoms with E-state index in [1.807, 2.05) is 39.0 Å². The fraction of sp³-hybridized carbons (Fsp3) is 0.562. The molecule has 0 saturated carbocycles. The Kier molecular flexibility index (Phi) is 6.02. The smallest absolute Gasteiger partial charge is 0.217 e. The second kappa shape index (κ2) is 7.29. The highest BCUT2D eigenvalue weighted by molar-refractivity contribution is 5.72. The van der Waals surface area contributed by atoms with Gasteiger partial charge in [-0.05, 0) is 38.8 Å². The number of hydrogen-bond donors (Lipinski definition) is 1. The quantitative estimate of drug-likeness (QED) is 0.871. The van der Waals surface area contributed by atoms with Crippen molar-refractivity contribution in [1.29, 1.82) is 0 Å². The third-order valence-corrected chi connectivity index (χ3v) is 2.86. The lowest BCUT2D eigenvalue weighted by molar-refractivity contribution is -0.119. The highest BCUT2D eigenvalue weighted by Gasteiger charge is 2.13. The largest absolute Gasteiger partial charge is 0.496 e. The van der Waals surface area contributed by atoms with E-state index in [1.165, 1.54) is 6.92 Å². The van der Waals surface area contributed by atoms with Crippen molar-refractivity contribution >= 4 is 5.91 Å². The van der Waals surface area contributed by atoms with Crippen LogP contribution in [0.2, 0.25) is 0 Å². The number of rotatable bonds is 6. The minimum absolute atomic E-state index is 0.0373. The van der Waals surface area contributed by atoms with E-state index in [1.54, 1.807) is 7.11 Å². The van der Waals surface area contributed by atoms with Crippen LogP contribution in [0, 0.1) is 0 Å². The molecule has 20 heavy (non-hydrogen) atoms. The molecule has 0 aliphatic carbocycles. The van der Waals surface area contributed by atoms with Crippen LogP contribution in [-0.2, 0) is 22.5 Å². The van der Waals surface area contributed by atoms with E-state index in [4.69, 9.17) is 9.47 Å². The Morgan fingerprint density at radius 1 is 1.30 bits per heavy atom. The summed E-state index contributed by atoms with van der Waals surface area (Å²) in [6.07, 6.45) is 0.760. The van der Waals surface area contributed by atoms with E-state index in [0.29, 0.717) is 13.2 Å². The third kappa shape index (κ3) is 5.61. The average molecular weight is 279 g/mol. The SMILES string of the molecule is COc1cccc(CNC(C)=O)c1CCOC(C)(C)C. The van der Waals surface area contributed by atoms with Crippen LogP contribution in [-0.4, -0.2) is 25.2 Å². The summed E-state index contributed by atoms with van der Waals surface area (Å²) in [6, 6.07) is 5.87. The molecule has 1 amide bonds. The average Bonchev–Trinajstić information content (AvgIpc) is 2.35. The summed E-state index contributed by atoms with van der Waals surface area (Å²) in [6.45, 7) is 8.76. The Morgan fingerprint density at radius 2 is 2.00 bits per heavy atom. The minimum atomic E-state index is -0.153. The van der Waals surface area contributed by atoms with E-state index in [2.05, 4.69) is 5.32 Å². The number of carbonyl (C=O) groups is 1. The molecule has 1 aromatic rings. The van der Waals surface area contributed by atoms with Gasteiger partial charge in [0.2, 0.25) is 5.91 Å². The fourth-order valence-electron chi connectivity index (χ4n) is 1.93. The molecule has 0 heterocycles. The maximum atomic E-state index is 11.1. The summed E-state index contributed by atoms with van der Waals surface area (Å²) in [4.78, 5) is 11.1. The standard InChI is InChI=1S/C16H25NO3/c1-12(18)17-11-13-7-6-8-15(19-5)14(13)9-10-20-16(2,3)4/h6-8H,9-11H2,1-5H3,(H,17,18). The second-order valence-corrected chi connectivity index (χ2v) is 5.72. The van der Waals surface area contributed by atoms with Crippen LogP contribution >= 0.6 is 0 Å². The molecule has 0 unspecified atom stereocenters. The van der Waals surface area contributed by atoms with Crippen molar-refractivity contribution in [2.75, 3.05) is 13.7 Å². The zero-order valence-corrected chi connectivity index (χ0v) is 13.1. The maximum absolute atomic E-state index is 11.1. The summed E-state index contributed by atoms with van der Waals surface area (Å²) in [7, 11) is 1.66. The number of hydrogen-bond acceptors (Lipinski definition) is 3. The van der Waals surface area contributed by atoms with Gasteiger partial charge in [0.25, 0.3) is 0 Å². The van der Waals surface area contributed by atoms with Gasteiger partial charge in [-0.2, -0.15) is 0 Å². The molecule has 0 aliphatic heterocycles. The first kappa shape index (κ1) is 16.5. The van der Waals surface area contributed by atoms with Crippen LogP contribution in [0.4, 0.5) is 0 Å². The van der Waals surface area contributed by atoms with Crippen LogP contribution < -0.4 is 10.1 Å². The van der Waals surface area contributed by atoms with Crippen molar-refractivity contribution in [3.8, 4) is 5.75 Å². The first-order valence-corrected chi connectivity index (χ1v) is 6.86. The molecular weight excluding hydrogens is 254 g/mol. The predicted molar refractivity (Wildman–Crippen MR) is 79.9 cm³/mol. The summed E-state index contributed by atoms with van der Waals surface area (Å²) in [5.74, 6) is 0.801. The lowest BCUT2D eigenvalue weighted by atomic mass is 10.0. The van der Waals surface area contributed by atoms with Crippen molar-refractivity contribution in [1.82, 2.24) is 5.32 Å². The van der Waals surface area contributed by atoms with Crippen molar-refractivity contribution in [2.24, 2.45) is 0 Å². The molecule has 0 saturated heterocycles. The molecule has 4 nitrogen and oxygen atoms in total. The van der Waals surface area contributed by atoms with Crippen molar-refractivity contribution in [2.45, 2.75) is 46.3 Å². The highest BCUT2D eigenvalue weighted by Crippen LogP contribution is 2.23. The Balaban J connectivity index is 2.81. The monoisotopic (exact) mass is 279 g/mol. The lowest BCUT2D eigenvalue weighted by Crippen LogP contribution is -2.22. The topological polar surface area (TPSA) is 47.6 Å². The normalized spacial score (nSPS) is 11.2. The zero-order chi connectivity index (χ0) is 15.2. The van der Waals surface area contributed by atoms with Gasteiger partial charge in [-0.15, -0.1) is 0 Å². The molecule has 0 radical (unpaired) electrons. The molecule has 0 fully saturated rings. The molecule has 0 aromatic heterocycles. The van der Waals surface area contributed by atoms with E-state index >= 15 is 0 Å². The fourth-order valence-corrected chi connectivity index (χ4v) is 1.93. The Labute approximate surface area is 121 Å². The molecular formula is C16H25NO3. The van der Waals surface area contributed by atoms with Gasteiger partial charge in [0.05, 0.1) is 19.3 Å². The van der Waals surface area contributed by atoms with Crippen LogP contribution in [0.5, 0.6) is 5.75 Å². The predicted octanol–water partition coefficient (Wildman–Crippen LogP) is 2.69. The number of methoxy groups -OCH3 is 1. The van der Waals surface area contributed by atoms with E-state index < -0.39 is 0 Å². The molecule has 0 spiro atoms. The molecule has 0 atom stereocenters. The first-order chi connectivity index (χ1) is 9.33. The summed E-state index contributed by atoms with van der Waals surface area (Å²) in [5.41, 5.74) is 2.00. The van der Waals surface area contributed by atoms with E-state index in [-0.39, 0.29) is 11.5 Å². The second-order valence-electron chi connectivity index (χ2n) is 5.72. The molecule has 1 aromatic carbocycles. The number of nitrogens with one attached hydrogen (secondary N) is 1. The van der Waals surface area contributed by atoms with Crippen LogP contribution in [0.1, 0.15) is 38.8 Å². The van der Waals surface area contributed by atoms with Crippen LogP contribution in [0.3, 0.4) is 0 Å². The minimum Gasteiger partial charge on any atom is -0.496 e. The van der Waals surface area contributed by atoms with Crippen molar-refractivity contribution in [3.63, 3.8) is 0 Å². The molecule has 1 N–H and O–H groups in total. The van der Waals surface area contributed by atoms with Crippen LogP contribution in [0.15, 0.2) is 18.2 Å². The Bertz CT molecular complexity index is 450. The maximum Gasteiger partial charge on any atom is 0.217 e. The molecule has 112 valence electrons. The Hall–Kier alpha value is -1.55. The zero-order valence-electron chi connectivity index (χ0n) is 13.1. The van der Waals surface area contributed by atoms with Gasteiger partial charge in [-0.1, -0.05) is 12.1 Å². The molecule has 0 aliphatic rings. The Morgan fingerprint density at radius 3 is 2.55 bits per heavy atom. The van der Waals surface area contributed by atoms with Gasteiger partial charge >= 0.3 is 0 Å². The van der Waals surface area contributed by atoms with Crippen molar-refractivity contribution < 1.29 is 14.3 Å². The van der Waals surface area contributed by atoms with Crippen molar-refractivity contribution in [3.05, 3.63) is 29.3 Å². The van der Waals surface area contributed by atoms with Gasteiger partial charge in [-0.25, -0.2) is 0 Å². The lowest BCUT2D eigenvalue weighted by Gasteiger charge is -2.21. The summed E-state index contributed by atoms with van der Waals surface area (Å²) < 4.78 is 11.2. The summed E-state index contributed by atoms with van der Waals surface area (Å²) in [5, 5.41) is 2.82. The van der Waals surface area contributed by atoms with E-state index in [0.717, 1.165) is 23.3 Å². The van der Waals surface area contributed by atoms with E-state index in [9.17, 15) is 4.79 Å².